The molecule has 0 radical (unpaired) electrons. The van der Waals surface area contributed by atoms with Gasteiger partial charge in [0.05, 0.1) is 24.2 Å². The van der Waals surface area contributed by atoms with Gasteiger partial charge in [-0.05, 0) is 67.8 Å². The molecule has 0 aliphatic carbocycles. The third-order valence-corrected chi connectivity index (χ3v) is 6.70. The molecule has 214 valence electrons. The highest BCUT2D eigenvalue weighted by Gasteiger charge is 2.20. The molecular weight excluding hydrogens is 577 g/mol. The van der Waals surface area contributed by atoms with Gasteiger partial charge < -0.3 is 25.0 Å². The normalized spacial score (nSPS) is 11.4. The van der Waals surface area contributed by atoms with Crippen molar-refractivity contribution in [2.75, 3.05) is 30.4 Å². The van der Waals surface area contributed by atoms with Crippen LogP contribution in [-0.2, 0) is 16.1 Å². The molecule has 9 heteroatoms. The zero-order valence-corrected chi connectivity index (χ0v) is 24.8. The highest BCUT2D eigenvalue weighted by molar-refractivity contribution is 9.10. The van der Waals surface area contributed by atoms with Crippen LogP contribution in [0.4, 0.5) is 15.8 Å². The summed E-state index contributed by atoms with van der Waals surface area (Å²) < 4.78 is 25.9. The van der Waals surface area contributed by atoms with Gasteiger partial charge in [-0.3, -0.25) is 9.59 Å². The molecule has 3 aromatic rings. The van der Waals surface area contributed by atoms with Gasteiger partial charge in [0.25, 0.3) is 0 Å². The standard InChI is InChI=1S/C31H37BrFN3O4/c1-22(32)31(38)35-18-10-5-4-9-17-34-28-15-14-27(39-3)19-24(28)21-36(23(2)37)29-20-25(33)13-16-30(29)40-26-11-7-6-8-12-26/h6-8,11-16,19-20,22,34H,4-5,9-10,17-18,21H2,1-3H3,(H,35,38). The van der Waals surface area contributed by atoms with E-state index in [2.05, 4.69) is 26.6 Å². The zero-order chi connectivity index (χ0) is 28.9. The van der Waals surface area contributed by atoms with Crippen molar-refractivity contribution >= 4 is 39.1 Å². The number of amides is 2. The van der Waals surface area contributed by atoms with E-state index in [-0.39, 0.29) is 23.2 Å². The number of methoxy groups -OCH3 is 1. The Morgan fingerprint density at radius 2 is 1.68 bits per heavy atom. The Hall–Kier alpha value is -3.59. The first-order chi connectivity index (χ1) is 19.3. The molecule has 40 heavy (non-hydrogen) atoms. The predicted molar refractivity (Wildman–Crippen MR) is 161 cm³/mol. The van der Waals surface area contributed by atoms with E-state index < -0.39 is 5.82 Å². The molecule has 0 aromatic heterocycles. The van der Waals surface area contributed by atoms with E-state index in [4.69, 9.17) is 9.47 Å². The summed E-state index contributed by atoms with van der Waals surface area (Å²) in [6.07, 6.45) is 3.90. The van der Waals surface area contributed by atoms with E-state index >= 15 is 0 Å². The van der Waals surface area contributed by atoms with Gasteiger partial charge >= 0.3 is 0 Å². The Labute approximate surface area is 244 Å². The van der Waals surface area contributed by atoms with Gasteiger partial charge in [0.2, 0.25) is 11.8 Å². The second kappa shape index (κ2) is 15.9. The lowest BCUT2D eigenvalue weighted by molar-refractivity contribution is -0.120. The van der Waals surface area contributed by atoms with E-state index in [9.17, 15) is 14.0 Å². The van der Waals surface area contributed by atoms with Crippen LogP contribution in [0.15, 0.2) is 66.7 Å². The summed E-state index contributed by atoms with van der Waals surface area (Å²) in [7, 11) is 1.59. The Morgan fingerprint density at radius 1 is 0.950 bits per heavy atom. The topological polar surface area (TPSA) is 79.9 Å². The quantitative estimate of drug-likeness (QED) is 0.142. The lowest BCUT2D eigenvalue weighted by Crippen LogP contribution is -2.30. The van der Waals surface area contributed by atoms with E-state index in [0.717, 1.165) is 43.5 Å². The van der Waals surface area contributed by atoms with Gasteiger partial charge in [-0.1, -0.05) is 47.0 Å². The summed E-state index contributed by atoms with van der Waals surface area (Å²) in [5, 5.41) is 6.38. The number of nitrogens with zero attached hydrogens (tertiary/aromatic N) is 1. The van der Waals surface area contributed by atoms with Gasteiger partial charge in [-0.25, -0.2) is 4.39 Å². The molecule has 3 rings (SSSR count). The Kier molecular flexibility index (Phi) is 12.3. The van der Waals surface area contributed by atoms with E-state index in [0.29, 0.717) is 29.5 Å². The minimum absolute atomic E-state index is 0.00490. The van der Waals surface area contributed by atoms with Crippen molar-refractivity contribution < 1.29 is 23.5 Å². The number of rotatable bonds is 15. The second-order valence-electron chi connectivity index (χ2n) is 9.40. The van der Waals surface area contributed by atoms with Crippen LogP contribution < -0.4 is 25.0 Å². The molecule has 1 unspecified atom stereocenters. The fourth-order valence-electron chi connectivity index (χ4n) is 4.12. The summed E-state index contributed by atoms with van der Waals surface area (Å²) in [6, 6.07) is 19.0. The molecule has 0 aliphatic heterocycles. The fraction of sp³-hybridized carbons (Fsp3) is 0.355. The second-order valence-corrected chi connectivity index (χ2v) is 10.8. The van der Waals surface area contributed by atoms with Gasteiger partial charge in [0, 0.05) is 31.8 Å². The van der Waals surface area contributed by atoms with E-state index in [1.807, 2.05) is 36.4 Å². The van der Waals surface area contributed by atoms with Crippen LogP contribution in [0, 0.1) is 5.82 Å². The molecule has 1 atom stereocenters. The number of halogens is 2. The SMILES string of the molecule is COc1ccc(NCCCCCCNC(=O)C(C)Br)c(CN(C(C)=O)c2cc(F)ccc2Oc2ccccc2)c1. The predicted octanol–water partition coefficient (Wildman–Crippen LogP) is 7.05. The van der Waals surface area contributed by atoms with Crippen molar-refractivity contribution in [3.63, 3.8) is 0 Å². The highest BCUT2D eigenvalue weighted by Crippen LogP contribution is 2.35. The number of nitrogens with one attached hydrogen (secondary N) is 2. The van der Waals surface area contributed by atoms with Gasteiger partial charge in [-0.2, -0.15) is 0 Å². The monoisotopic (exact) mass is 613 g/mol. The molecule has 0 saturated heterocycles. The number of unbranched alkanes of at least 4 members (excludes halogenated alkanes) is 3. The smallest absolute Gasteiger partial charge is 0.233 e. The van der Waals surface area contributed by atoms with Crippen LogP contribution in [0.1, 0.15) is 45.1 Å². The molecule has 7 nitrogen and oxygen atoms in total. The number of hydrogen-bond donors (Lipinski definition) is 2. The number of para-hydroxylation sites is 1. The first kappa shape index (κ1) is 30.9. The minimum Gasteiger partial charge on any atom is -0.497 e. The van der Waals surface area contributed by atoms with Crippen LogP contribution in [0.5, 0.6) is 17.2 Å². The van der Waals surface area contributed by atoms with Crippen molar-refractivity contribution in [2.24, 2.45) is 0 Å². The lowest BCUT2D eigenvalue weighted by atomic mass is 10.1. The number of ether oxygens (including phenoxy) is 2. The van der Waals surface area contributed by atoms with Crippen molar-refractivity contribution in [1.82, 2.24) is 5.32 Å². The minimum atomic E-state index is -0.466. The average Bonchev–Trinajstić information content (AvgIpc) is 2.94. The lowest BCUT2D eigenvalue weighted by Gasteiger charge is -2.25. The van der Waals surface area contributed by atoms with Gasteiger partial charge in [0.15, 0.2) is 5.75 Å². The molecule has 0 saturated carbocycles. The molecule has 0 bridgehead atoms. The number of carbonyl (C=O) groups excluding carboxylic acids is 2. The summed E-state index contributed by atoms with van der Waals surface area (Å²) >= 11 is 3.26. The number of anilines is 2. The Balaban J connectivity index is 1.69. The molecule has 0 heterocycles. The molecule has 2 N–H and O–H groups in total. The van der Waals surface area contributed by atoms with Crippen LogP contribution in [0.3, 0.4) is 0 Å². The largest absolute Gasteiger partial charge is 0.497 e. The van der Waals surface area contributed by atoms with Gasteiger partial charge in [-0.15, -0.1) is 0 Å². The van der Waals surface area contributed by atoms with Crippen LogP contribution in [0.25, 0.3) is 0 Å². The number of alkyl halides is 1. The number of benzene rings is 3. The first-order valence-electron chi connectivity index (χ1n) is 13.4. The molecule has 3 aromatic carbocycles. The van der Waals surface area contributed by atoms with Crippen molar-refractivity contribution in [1.29, 1.82) is 0 Å². The fourth-order valence-corrected chi connectivity index (χ4v) is 4.28. The van der Waals surface area contributed by atoms with Crippen LogP contribution >= 0.6 is 15.9 Å². The molecule has 0 spiro atoms. The maximum atomic E-state index is 14.4. The van der Waals surface area contributed by atoms with Crippen molar-refractivity contribution in [3.05, 3.63) is 78.1 Å². The third-order valence-electron chi connectivity index (χ3n) is 6.28. The highest BCUT2D eigenvalue weighted by atomic mass is 79.9. The van der Waals surface area contributed by atoms with E-state index in [1.165, 1.54) is 30.0 Å². The zero-order valence-electron chi connectivity index (χ0n) is 23.2. The summed E-state index contributed by atoms with van der Waals surface area (Å²) in [5.41, 5.74) is 2.04. The van der Waals surface area contributed by atoms with Gasteiger partial charge in [0.1, 0.15) is 17.3 Å². The van der Waals surface area contributed by atoms with Crippen molar-refractivity contribution in [3.8, 4) is 17.2 Å². The molecule has 0 fully saturated rings. The maximum Gasteiger partial charge on any atom is 0.233 e. The number of carbonyl (C=O) groups is 2. The first-order valence-corrected chi connectivity index (χ1v) is 14.3. The summed E-state index contributed by atoms with van der Waals surface area (Å²) in [5.74, 6) is 0.907. The van der Waals surface area contributed by atoms with E-state index in [1.54, 1.807) is 26.2 Å². The average molecular weight is 615 g/mol. The summed E-state index contributed by atoms with van der Waals surface area (Å²) in [6.45, 7) is 4.86. The Bertz CT molecular complexity index is 1260. The third kappa shape index (κ3) is 9.55. The molecule has 2 amide bonds. The Morgan fingerprint density at radius 3 is 2.35 bits per heavy atom. The molecular formula is C31H37BrFN3O4. The summed E-state index contributed by atoms with van der Waals surface area (Å²) in [4.78, 5) is 25.8. The van der Waals surface area contributed by atoms with Crippen LogP contribution in [0.2, 0.25) is 0 Å². The van der Waals surface area contributed by atoms with Crippen LogP contribution in [-0.4, -0.2) is 36.8 Å². The maximum absolute atomic E-state index is 14.4. The van der Waals surface area contributed by atoms with Crippen molar-refractivity contribution in [2.45, 2.75) is 50.9 Å². The number of hydrogen-bond acceptors (Lipinski definition) is 5. The molecule has 0 aliphatic rings.